The van der Waals surface area contributed by atoms with Crippen LogP contribution < -0.4 is 11.1 Å². The molecule has 0 heterocycles. The summed E-state index contributed by atoms with van der Waals surface area (Å²) in [6, 6.07) is 15.7. The standard InChI is InChI=1S/C16H16N2O3/c17-15(19)12-7-4-8-13(9-12)18-10-14(16(20)21)11-5-2-1-3-6-11/h1-9,14,18H,10H2,(H2,17,19)(H,20,21). The predicted molar refractivity (Wildman–Crippen MR) is 80.3 cm³/mol. The smallest absolute Gasteiger partial charge is 0.312 e. The van der Waals surface area contributed by atoms with E-state index in [9.17, 15) is 14.7 Å². The normalized spacial score (nSPS) is 11.6. The summed E-state index contributed by atoms with van der Waals surface area (Å²) in [6.07, 6.45) is 0. The van der Waals surface area contributed by atoms with Crippen LogP contribution in [-0.4, -0.2) is 23.5 Å². The number of carboxylic acid groups (broad SMARTS) is 1. The van der Waals surface area contributed by atoms with Gasteiger partial charge in [-0.1, -0.05) is 36.4 Å². The van der Waals surface area contributed by atoms with E-state index in [0.29, 0.717) is 11.3 Å². The van der Waals surface area contributed by atoms with Gasteiger partial charge in [0.05, 0.1) is 5.92 Å². The average Bonchev–Trinajstić information content (AvgIpc) is 2.48. The van der Waals surface area contributed by atoms with Crippen LogP contribution in [-0.2, 0) is 4.79 Å². The molecule has 2 aromatic carbocycles. The monoisotopic (exact) mass is 284 g/mol. The van der Waals surface area contributed by atoms with Gasteiger partial charge in [0, 0.05) is 17.8 Å². The van der Waals surface area contributed by atoms with Crippen molar-refractivity contribution in [3.63, 3.8) is 0 Å². The highest BCUT2D eigenvalue weighted by Gasteiger charge is 2.19. The summed E-state index contributed by atoms with van der Waals surface area (Å²) < 4.78 is 0. The minimum absolute atomic E-state index is 0.224. The molecular formula is C16H16N2O3. The number of carbonyl (C=O) groups is 2. The van der Waals surface area contributed by atoms with Crippen LogP contribution in [0.15, 0.2) is 54.6 Å². The Kier molecular flexibility index (Phi) is 4.56. The second-order valence-corrected chi connectivity index (χ2v) is 4.63. The average molecular weight is 284 g/mol. The summed E-state index contributed by atoms with van der Waals surface area (Å²) in [6.45, 7) is 0.224. The lowest BCUT2D eigenvalue weighted by Gasteiger charge is -2.15. The molecule has 0 fully saturated rings. The van der Waals surface area contributed by atoms with Crippen LogP contribution in [0.4, 0.5) is 5.69 Å². The number of aliphatic carboxylic acids is 1. The van der Waals surface area contributed by atoms with Crippen molar-refractivity contribution in [3.8, 4) is 0 Å². The van der Waals surface area contributed by atoms with E-state index < -0.39 is 17.8 Å². The maximum Gasteiger partial charge on any atom is 0.312 e. The highest BCUT2D eigenvalue weighted by Crippen LogP contribution is 2.18. The van der Waals surface area contributed by atoms with E-state index in [-0.39, 0.29) is 6.54 Å². The van der Waals surface area contributed by atoms with Gasteiger partial charge in [-0.25, -0.2) is 0 Å². The topological polar surface area (TPSA) is 92.4 Å². The largest absolute Gasteiger partial charge is 0.481 e. The van der Waals surface area contributed by atoms with Gasteiger partial charge >= 0.3 is 5.97 Å². The number of anilines is 1. The summed E-state index contributed by atoms with van der Waals surface area (Å²) in [4.78, 5) is 22.5. The Morgan fingerprint density at radius 1 is 1.10 bits per heavy atom. The number of nitrogens with two attached hydrogens (primary N) is 1. The molecule has 1 atom stereocenters. The second-order valence-electron chi connectivity index (χ2n) is 4.63. The molecule has 0 aliphatic carbocycles. The van der Waals surface area contributed by atoms with E-state index in [4.69, 9.17) is 5.73 Å². The Labute approximate surface area is 122 Å². The fourth-order valence-electron chi connectivity index (χ4n) is 2.04. The highest BCUT2D eigenvalue weighted by molar-refractivity contribution is 5.93. The zero-order valence-electron chi connectivity index (χ0n) is 11.3. The third-order valence-corrected chi connectivity index (χ3v) is 3.16. The van der Waals surface area contributed by atoms with Crippen LogP contribution >= 0.6 is 0 Å². The fourth-order valence-corrected chi connectivity index (χ4v) is 2.04. The summed E-state index contributed by atoms with van der Waals surface area (Å²) in [5, 5.41) is 12.4. The molecular weight excluding hydrogens is 268 g/mol. The van der Waals surface area contributed by atoms with E-state index >= 15 is 0 Å². The van der Waals surface area contributed by atoms with Crippen LogP contribution in [0.3, 0.4) is 0 Å². The Balaban J connectivity index is 2.11. The molecule has 0 saturated heterocycles. The van der Waals surface area contributed by atoms with Crippen LogP contribution in [0.25, 0.3) is 0 Å². The van der Waals surface area contributed by atoms with Crippen molar-refractivity contribution in [1.29, 1.82) is 0 Å². The first-order valence-electron chi connectivity index (χ1n) is 6.49. The van der Waals surface area contributed by atoms with E-state index in [2.05, 4.69) is 5.32 Å². The molecule has 0 aliphatic heterocycles. The predicted octanol–water partition coefficient (Wildman–Crippen LogP) is 2.07. The van der Waals surface area contributed by atoms with Gasteiger partial charge in [0.15, 0.2) is 0 Å². The van der Waals surface area contributed by atoms with E-state index in [0.717, 1.165) is 5.56 Å². The minimum atomic E-state index is -0.903. The summed E-state index contributed by atoms with van der Waals surface area (Å²) in [7, 11) is 0. The van der Waals surface area contributed by atoms with Crippen molar-refractivity contribution in [2.24, 2.45) is 5.73 Å². The zero-order valence-corrected chi connectivity index (χ0v) is 11.3. The molecule has 4 N–H and O–H groups in total. The maximum atomic E-state index is 11.4. The lowest BCUT2D eigenvalue weighted by atomic mass is 9.99. The third kappa shape index (κ3) is 3.82. The first kappa shape index (κ1) is 14.6. The number of hydrogen-bond donors (Lipinski definition) is 3. The van der Waals surface area contributed by atoms with E-state index in [1.165, 1.54) is 0 Å². The van der Waals surface area contributed by atoms with Crippen molar-refractivity contribution < 1.29 is 14.7 Å². The molecule has 1 amide bonds. The summed E-state index contributed by atoms with van der Waals surface area (Å²) >= 11 is 0. The van der Waals surface area contributed by atoms with E-state index in [1.807, 2.05) is 6.07 Å². The van der Waals surface area contributed by atoms with Crippen LogP contribution in [0.2, 0.25) is 0 Å². The Hall–Kier alpha value is -2.82. The van der Waals surface area contributed by atoms with Crippen molar-refractivity contribution in [2.45, 2.75) is 5.92 Å². The molecule has 0 bridgehead atoms. The van der Waals surface area contributed by atoms with Crippen LogP contribution in [0, 0.1) is 0 Å². The molecule has 5 nitrogen and oxygen atoms in total. The molecule has 21 heavy (non-hydrogen) atoms. The van der Waals surface area contributed by atoms with Crippen LogP contribution in [0.1, 0.15) is 21.8 Å². The van der Waals surface area contributed by atoms with Gasteiger partial charge in [-0.2, -0.15) is 0 Å². The third-order valence-electron chi connectivity index (χ3n) is 3.16. The molecule has 2 aromatic rings. The lowest BCUT2D eigenvalue weighted by molar-refractivity contribution is -0.138. The number of rotatable bonds is 6. The number of primary amides is 1. The molecule has 2 rings (SSSR count). The van der Waals surface area contributed by atoms with Crippen molar-refractivity contribution in [3.05, 3.63) is 65.7 Å². The van der Waals surface area contributed by atoms with Gasteiger partial charge in [-0.05, 0) is 23.8 Å². The summed E-state index contributed by atoms with van der Waals surface area (Å²) in [5.41, 5.74) is 6.98. The molecule has 0 saturated carbocycles. The van der Waals surface area contributed by atoms with Gasteiger partial charge in [0.1, 0.15) is 0 Å². The lowest BCUT2D eigenvalue weighted by Crippen LogP contribution is -2.21. The molecule has 108 valence electrons. The summed E-state index contributed by atoms with van der Waals surface area (Å²) in [5.74, 6) is -2.08. The zero-order chi connectivity index (χ0) is 15.2. The van der Waals surface area contributed by atoms with Crippen molar-refractivity contribution in [1.82, 2.24) is 0 Å². The van der Waals surface area contributed by atoms with Crippen molar-refractivity contribution >= 4 is 17.6 Å². The second kappa shape index (κ2) is 6.56. The molecule has 0 aliphatic rings. The minimum Gasteiger partial charge on any atom is -0.481 e. The van der Waals surface area contributed by atoms with Gasteiger partial charge in [0.25, 0.3) is 0 Å². The molecule has 0 radical (unpaired) electrons. The molecule has 5 heteroatoms. The quantitative estimate of drug-likeness (QED) is 0.757. The Morgan fingerprint density at radius 3 is 2.43 bits per heavy atom. The first-order valence-corrected chi connectivity index (χ1v) is 6.49. The molecule has 0 spiro atoms. The molecule has 0 aromatic heterocycles. The number of amides is 1. The number of nitrogens with one attached hydrogen (secondary N) is 1. The SMILES string of the molecule is NC(=O)c1cccc(NCC(C(=O)O)c2ccccc2)c1. The first-order chi connectivity index (χ1) is 10.1. The number of carbonyl (C=O) groups excluding carboxylic acids is 1. The number of benzene rings is 2. The Morgan fingerprint density at radius 2 is 1.81 bits per heavy atom. The number of hydrogen-bond acceptors (Lipinski definition) is 3. The maximum absolute atomic E-state index is 11.4. The highest BCUT2D eigenvalue weighted by atomic mass is 16.4. The van der Waals surface area contributed by atoms with Gasteiger partial charge < -0.3 is 16.2 Å². The van der Waals surface area contributed by atoms with Gasteiger partial charge in [-0.3, -0.25) is 9.59 Å². The fraction of sp³-hybridized carbons (Fsp3) is 0.125. The van der Waals surface area contributed by atoms with E-state index in [1.54, 1.807) is 48.5 Å². The number of carboxylic acids is 1. The van der Waals surface area contributed by atoms with Crippen molar-refractivity contribution in [2.75, 3.05) is 11.9 Å². The van der Waals surface area contributed by atoms with Gasteiger partial charge in [-0.15, -0.1) is 0 Å². The Bertz CT molecular complexity index is 641. The molecule has 1 unspecified atom stereocenters. The van der Waals surface area contributed by atoms with Gasteiger partial charge in [0.2, 0.25) is 5.91 Å². The van der Waals surface area contributed by atoms with Crippen LogP contribution in [0.5, 0.6) is 0 Å².